The first-order chi connectivity index (χ1) is 7.17. The van der Waals surface area contributed by atoms with Crippen molar-refractivity contribution < 1.29 is 9.50 Å². The Labute approximate surface area is 92.7 Å². The van der Waals surface area contributed by atoms with Gasteiger partial charge in [-0.1, -0.05) is 13.0 Å². The Bertz CT molecular complexity index is 375. The molecule has 1 rings (SSSR count). The minimum Gasteiger partial charge on any atom is -0.395 e. The first-order valence-corrected chi connectivity index (χ1v) is 5.63. The fourth-order valence-electron chi connectivity index (χ4n) is 1.06. The van der Waals surface area contributed by atoms with Crippen LogP contribution in [0.4, 0.5) is 4.39 Å². The Morgan fingerprint density at radius 2 is 2.33 bits per heavy atom. The molecule has 0 aliphatic rings. The van der Waals surface area contributed by atoms with Gasteiger partial charge in [0.15, 0.2) is 0 Å². The van der Waals surface area contributed by atoms with E-state index in [9.17, 15) is 4.39 Å². The minimum atomic E-state index is -0.393. The van der Waals surface area contributed by atoms with E-state index in [1.54, 1.807) is 17.8 Å². The molecule has 1 aromatic carbocycles. The van der Waals surface area contributed by atoms with Crippen LogP contribution in [0.15, 0.2) is 18.2 Å². The lowest BCUT2D eigenvalue weighted by Crippen LogP contribution is -2.03. The van der Waals surface area contributed by atoms with Gasteiger partial charge in [0.25, 0.3) is 0 Å². The van der Waals surface area contributed by atoms with Crippen LogP contribution in [0, 0.1) is 17.1 Å². The standard InChI is InChI=1S/C11H12FNOS/c1-8(6-14)15-7-9-2-3-11(12)4-10(9)5-13/h2-4,8,14H,6-7H2,1H3/t8-/m0/s1. The molecule has 0 radical (unpaired) electrons. The molecule has 0 saturated heterocycles. The number of hydrogen-bond donors (Lipinski definition) is 1. The molecule has 80 valence electrons. The number of thioether (sulfide) groups is 1. The number of benzene rings is 1. The van der Waals surface area contributed by atoms with Gasteiger partial charge in [-0.05, 0) is 17.7 Å². The zero-order valence-electron chi connectivity index (χ0n) is 8.40. The van der Waals surface area contributed by atoms with E-state index in [4.69, 9.17) is 10.4 Å². The first kappa shape index (κ1) is 12.0. The van der Waals surface area contributed by atoms with Gasteiger partial charge in [0.05, 0.1) is 18.2 Å². The van der Waals surface area contributed by atoms with Crippen molar-refractivity contribution in [1.82, 2.24) is 0 Å². The van der Waals surface area contributed by atoms with Crippen molar-refractivity contribution in [3.8, 4) is 6.07 Å². The molecule has 0 fully saturated rings. The summed E-state index contributed by atoms with van der Waals surface area (Å²) in [6.45, 7) is 2.01. The summed E-state index contributed by atoms with van der Waals surface area (Å²) in [5.41, 5.74) is 1.18. The molecule has 0 bridgehead atoms. The van der Waals surface area contributed by atoms with Crippen LogP contribution < -0.4 is 0 Å². The summed E-state index contributed by atoms with van der Waals surface area (Å²) in [7, 11) is 0. The van der Waals surface area contributed by atoms with Crippen molar-refractivity contribution in [2.75, 3.05) is 6.61 Å². The van der Waals surface area contributed by atoms with Crippen LogP contribution in [0.5, 0.6) is 0 Å². The molecule has 1 aromatic rings. The van der Waals surface area contributed by atoms with Crippen molar-refractivity contribution in [3.63, 3.8) is 0 Å². The van der Waals surface area contributed by atoms with E-state index in [0.717, 1.165) is 5.56 Å². The molecule has 0 aliphatic carbocycles. The molecule has 15 heavy (non-hydrogen) atoms. The second-order valence-corrected chi connectivity index (χ2v) is 4.64. The molecule has 0 aliphatic heterocycles. The summed E-state index contributed by atoms with van der Waals surface area (Å²) in [5.74, 6) is 0.223. The van der Waals surface area contributed by atoms with Crippen LogP contribution in [0.3, 0.4) is 0 Å². The summed E-state index contributed by atoms with van der Waals surface area (Å²) in [6, 6.07) is 6.16. The molecular weight excluding hydrogens is 213 g/mol. The number of nitrogens with zero attached hydrogens (tertiary/aromatic N) is 1. The van der Waals surface area contributed by atoms with Gasteiger partial charge < -0.3 is 5.11 Å². The van der Waals surface area contributed by atoms with E-state index >= 15 is 0 Å². The molecule has 1 N–H and O–H groups in total. The van der Waals surface area contributed by atoms with Gasteiger partial charge in [0.1, 0.15) is 5.82 Å². The SMILES string of the molecule is C[C@@H](CO)SCc1ccc(F)cc1C#N. The minimum absolute atomic E-state index is 0.105. The Morgan fingerprint density at radius 3 is 2.93 bits per heavy atom. The van der Waals surface area contributed by atoms with Crippen molar-refractivity contribution in [2.45, 2.75) is 17.9 Å². The van der Waals surface area contributed by atoms with E-state index in [0.29, 0.717) is 11.3 Å². The lowest BCUT2D eigenvalue weighted by Gasteiger charge is -2.08. The Morgan fingerprint density at radius 1 is 1.60 bits per heavy atom. The molecule has 0 heterocycles. The van der Waals surface area contributed by atoms with E-state index in [1.807, 2.05) is 13.0 Å². The fraction of sp³-hybridized carbons (Fsp3) is 0.364. The number of rotatable bonds is 4. The van der Waals surface area contributed by atoms with Gasteiger partial charge in [0.2, 0.25) is 0 Å². The monoisotopic (exact) mass is 225 g/mol. The zero-order chi connectivity index (χ0) is 11.3. The van der Waals surface area contributed by atoms with E-state index in [2.05, 4.69) is 0 Å². The maximum atomic E-state index is 12.8. The number of aliphatic hydroxyl groups is 1. The van der Waals surface area contributed by atoms with Crippen LogP contribution >= 0.6 is 11.8 Å². The second-order valence-electron chi connectivity index (χ2n) is 3.22. The number of nitriles is 1. The summed E-state index contributed by atoms with van der Waals surface area (Å²) in [4.78, 5) is 0. The third-order valence-corrected chi connectivity index (χ3v) is 3.17. The van der Waals surface area contributed by atoms with E-state index in [-0.39, 0.29) is 11.9 Å². The highest BCUT2D eigenvalue weighted by Crippen LogP contribution is 2.20. The van der Waals surface area contributed by atoms with Gasteiger partial charge in [0, 0.05) is 11.0 Å². The molecule has 0 aromatic heterocycles. The summed E-state index contributed by atoms with van der Waals surface area (Å²) in [6.07, 6.45) is 0. The number of halogens is 1. The lowest BCUT2D eigenvalue weighted by atomic mass is 10.1. The zero-order valence-corrected chi connectivity index (χ0v) is 9.22. The molecule has 0 unspecified atom stereocenters. The van der Waals surface area contributed by atoms with Gasteiger partial charge >= 0.3 is 0 Å². The van der Waals surface area contributed by atoms with Crippen molar-refractivity contribution in [2.24, 2.45) is 0 Å². The van der Waals surface area contributed by atoms with Crippen molar-refractivity contribution in [1.29, 1.82) is 5.26 Å². The maximum absolute atomic E-state index is 12.8. The second kappa shape index (κ2) is 5.74. The predicted molar refractivity (Wildman–Crippen MR) is 59.0 cm³/mol. The smallest absolute Gasteiger partial charge is 0.124 e. The lowest BCUT2D eigenvalue weighted by molar-refractivity contribution is 0.300. The Hall–Kier alpha value is -1.05. The molecule has 1 atom stereocenters. The molecule has 0 spiro atoms. The van der Waals surface area contributed by atoms with Crippen LogP contribution in [-0.2, 0) is 5.75 Å². The normalized spacial score (nSPS) is 12.1. The number of hydrogen-bond acceptors (Lipinski definition) is 3. The molecular formula is C11H12FNOS. The highest BCUT2D eigenvalue weighted by molar-refractivity contribution is 7.99. The first-order valence-electron chi connectivity index (χ1n) is 4.58. The quantitative estimate of drug-likeness (QED) is 0.855. The Kier molecular flexibility index (Phi) is 4.60. The predicted octanol–water partition coefficient (Wildman–Crippen LogP) is 2.31. The molecule has 0 amide bonds. The van der Waals surface area contributed by atoms with Gasteiger partial charge in [-0.25, -0.2) is 4.39 Å². The Balaban J connectivity index is 2.73. The topological polar surface area (TPSA) is 44.0 Å². The summed E-state index contributed by atoms with van der Waals surface area (Å²) in [5, 5.41) is 17.8. The summed E-state index contributed by atoms with van der Waals surface area (Å²) < 4.78 is 12.8. The molecule has 4 heteroatoms. The number of aliphatic hydroxyl groups excluding tert-OH is 1. The van der Waals surface area contributed by atoms with Crippen LogP contribution in [0.2, 0.25) is 0 Å². The van der Waals surface area contributed by atoms with Crippen LogP contribution in [-0.4, -0.2) is 17.0 Å². The van der Waals surface area contributed by atoms with E-state index in [1.165, 1.54) is 12.1 Å². The average Bonchev–Trinajstić information content (AvgIpc) is 2.26. The fourth-order valence-corrected chi connectivity index (χ4v) is 1.88. The average molecular weight is 225 g/mol. The van der Waals surface area contributed by atoms with E-state index < -0.39 is 5.82 Å². The van der Waals surface area contributed by atoms with Crippen molar-refractivity contribution >= 4 is 11.8 Å². The molecule has 2 nitrogen and oxygen atoms in total. The third-order valence-electron chi connectivity index (χ3n) is 1.97. The highest BCUT2D eigenvalue weighted by Gasteiger charge is 2.06. The molecule has 0 saturated carbocycles. The van der Waals surface area contributed by atoms with Crippen LogP contribution in [0.25, 0.3) is 0 Å². The van der Waals surface area contributed by atoms with Crippen LogP contribution in [0.1, 0.15) is 18.1 Å². The summed E-state index contributed by atoms with van der Waals surface area (Å²) >= 11 is 1.54. The maximum Gasteiger partial charge on any atom is 0.124 e. The van der Waals surface area contributed by atoms with Gasteiger partial charge in [-0.2, -0.15) is 17.0 Å². The van der Waals surface area contributed by atoms with Gasteiger partial charge in [-0.3, -0.25) is 0 Å². The third kappa shape index (κ3) is 3.54. The largest absolute Gasteiger partial charge is 0.395 e. The van der Waals surface area contributed by atoms with Crippen molar-refractivity contribution in [3.05, 3.63) is 35.1 Å². The van der Waals surface area contributed by atoms with Gasteiger partial charge in [-0.15, -0.1) is 0 Å². The highest BCUT2D eigenvalue weighted by atomic mass is 32.2.